The number of nitrogens with one attached hydrogen (secondary N) is 1. The van der Waals surface area contributed by atoms with Crippen molar-refractivity contribution < 1.29 is 22.7 Å². The fraction of sp³-hybridized carbons (Fsp3) is 0.474. The predicted molar refractivity (Wildman–Crippen MR) is 108 cm³/mol. The Morgan fingerprint density at radius 3 is 2.54 bits per heavy atom. The van der Waals surface area contributed by atoms with E-state index in [1.54, 1.807) is 6.08 Å². The summed E-state index contributed by atoms with van der Waals surface area (Å²) in [6.07, 6.45) is 7.22. The van der Waals surface area contributed by atoms with E-state index < -0.39 is 28.5 Å². The van der Waals surface area contributed by atoms with E-state index in [2.05, 4.69) is 5.32 Å². The maximum absolute atomic E-state index is 12.9. The number of esters is 1. The maximum Gasteiger partial charge on any atom is 0.330 e. The lowest BCUT2D eigenvalue weighted by atomic mass is 10.2. The number of ether oxygens (including phenoxy) is 1. The largest absolute Gasteiger partial charge is 0.452 e. The van der Waals surface area contributed by atoms with Crippen LogP contribution >= 0.6 is 11.6 Å². The van der Waals surface area contributed by atoms with Gasteiger partial charge in [-0.1, -0.05) is 37.4 Å². The quantitative estimate of drug-likeness (QED) is 0.531. The molecule has 0 aliphatic carbocycles. The first-order valence-electron chi connectivity index (χ1n) is 9.27. The lowest BCUT2D eigenvalue weighted by Crippen LogP contribution is -2.32. The number of nitrogens with zero attached hydrogens (tertiary/aromatic N) is 1. The van der Waals surface area contributed by atoms with E-state index >= 15 is 0 Å². The zero-order valence-corrected chi connectivity index (χ0v) is 17.4. The Kier molecular flexibility index (Phi) is 8.47. The fourth-order valence-electron chi connectivity index (χ4n) is 2.78. The third-order valence-corrected chi connectivity index (χ3v) is 6.47. The van der Waals surface area contributed by atoms with Gasteiger partial charge < -0.3 is 10.1 Å². The van der Waals surface area contributed by atoms with E-state index in [1.165, 1.54) is 28.6 Å². The van der Waals surface area contributed by atoms with Gasteiger partial charge in [-0.3, -0.25) is 4.79 Å². The minimum Gasteiger partial charge on any atom is -0.452 e. The Morgan fingerprint density at radius 2 is 1.89 bits per heavy atom. The first-order chi connectivity index (χ1) is 13.3. The number of anilines is 1. The second-order valence-corrected chi connectivity index (χ2v) is 8.77. The van der Waals surface area contributed by atoms with Gasteiger partial charge in [0.15, 0.2) is 6.61 Å². The Bertz CT molecular complexity index is 831. The number of benzene rings is 1. The topological polar surface area (TPSA) is 92.8 Å². The Morgan fingerprint density at radius 1 is 1.21 bits per heavy atom. The molecule has 1 saturated heterocycles. The summed E-state index contributed by atoms with van der Waals surface area (Å²) in [4.78, 5) is 23.5. The smallest absolute Gasteiger partial charge is 0.330 e. The molecule has 7 nitrogen and oxygen atoms in total. The number of halogens is 1. The number of sulfonamides is 1. The average Bonchev–Trinajstić information content (AvgIpc) is 2.96. The summed E-state index contributed by atoms with van der Waals surface area (Å²) in [6, 6.07) is 4.19. The number of rotatable bonds is 7. The lowest BCUT2D eigenvalue weighted by Gasteiger charge is -2.20. The van der Waals surface area contributed by atoms with Gasteiger partial charge in [0.25, 0.3) is 5.91 Å². The number of amides is 1. The van der Waals surface area contributed by atoms with Crippen LogP contribution in [0.5, 0.6) is 0 Å². The molecule has 1 aliphatic rings. The van der Waals surface area contributed by atoms with Gasteiger partial charge in [0.1, 0.15) is 0 Å². The monoisotopic (exact) mass is 428 g/mol. The minimum atomic E-state index is -3.67. The molecule has 1 aliphatic heterocycles. The van der Waals surface area contributed by atoms with Crippen molar-refractivity contribution in [1.29, 1.82) is 0 Å². The van der Waals surface area contributed by atoms with E-state index in [9.17, 15) is 18.0 Å². The summed E-state index contributed by atoms with van der Waals surface area (Å²) in [6.45, 7) is 2.33. The number of hydrogen-bond acceptors (Lipinski definition) is 5. The molecule has 154 valence electrons. The van der Waals surface area contributed by atoms with Crippen LogP contribution in [0.3, 0.4) is 0 Å². The zero-order valence-electron chi connectivity index (χ0n) is 15.8. The van der Waals surface area contributed by atoms with E-state index in [0.717, 1.165) is 25.7 Å². The Labute approximate surface area is 170 Å². The van der Waals surface area contributed by atoms with Crippen LogP contribution in [0.15, 0.2) is 35.2 Å². The van der Waals surface area contributed by atoms with Gasteiger partial charge >= 0.3 is 5.97 Å². The van der Waals surface area contributed by atoms with Gasteiger partial charge in [0, 0.05) is 19.2 Å². The molecule has 1 fully saturated rings. The summed E-state index contributed by atoms with van der Waals surface area (Å²) in [7, 11) is -3.67. The first kappa shape index (κ1) is 22.4. The highest BCUT2D eigenvalue weighted by Crippen LogP contribution is 2.28. The van der Waals surface area contributed by atoms with Crippen molar-refractivity contribution in [2.24, 2.45) is 0 Å². The highest BCUT2D eigenvalue weighted by atomic mass is 35.5. The summed E-state index contributed by atoms with van der Waals surface area (Å²) in [5.74, 6) is -1.23. The van der Waals surface area contributed by atoms with Gasteiger partial charge in [-0.25, -0.2) is 13.2 Å². The van der Waals surface area contributed by atoms with Crippen LogP contribution in [0, 0.1) is 0 Å². The number of hydrogen-bond donors (Lipinski definition) is 1. The molecule has 1 amide bonds. The zero-order chi connectivity index (χ0) is 20.6. The molecule has 0 saturated carbocycles. The Hall–Kier alpha value is -1.90. The molecule has 0 spiro atoms. The highest BCUT2D eigenvalue weighted by molar-refractivity contribution is 7.89. The number of carbonyl (C=O) groups excluding carboxylic acids is 2. The second kappa shape index (κ2) is 10.6. The molecule has 1 N–H and O–H groups in total. The van der Waals surface area contributed by atoms with Gasteiger partial charge in [-0.05, 0) is 37.5 Å². The van der Waals surface area contributed by atoms with Crippen molar-refractivity contribution in [1.82, 2.24) is 4.31 Å². The average molecular weight is 429 g/mol. The normalized spacial score (nSPS) is 15.9. The van der Waals surface area contributed by atoms with Crippen LogP contribution in [0.2, 0.25) is 5.02 Å². The minimum absolute atomic E-state index is 0.0666. The standard InChI is InChI=1S/C19H25ClN2O5S/c1-2-3-8-19(24)27-14-18(23)21-17-13-15(9-10-16(17)20)28(25,26)22-11-6-4-5-7-12-22/h3,8-10,13H,2,4-7,11-12,14H2,1H3,(H,21,23)/b8-3+. The van der Waals surface area contributed by atoms with Crippen LogP contribution < -0.4 is 5.32 Å². The summed E-state index contributed by atoms with van der Waals surface area (Å²) >= 11 is 6.09. The van der Waals surface area contributed by atoms with Crippen molar-refractivity contribution in [3.05, 3.63) is 35.4 Å². The molecule has 2 rings (SSSR count). The van der Waals surface area contributed by atoms with Gasteiger partial charge in [0.2, 0.25) is 10.0 Å². The molecule has 0 unspecified atom stereocenters. The van der Waals surface area contributed by atoms with Crippen LogP contribution in [-0.2, 0) is 24.3 Å². The summed E-state index contributed by atoms with van der Waals surface area (Å²) < 4.78 is 32.1. The molecule has 0 radical (unpaired) electrons. The number of carbonyl (C=O) groups is 2. The second-order valence-electron chi connectivity index (χ2n) is 6.43. The van der Waals surface area contributed by atoms with Crippen molar-refractivity contribution in [2.75, 3.05) is 25.0 Å². The van der Waals surface area contributed by atoms with Gasteiger partial charge in [-0.2, -0.15) is 4.31 Å². The van der Waals surface area contributed by atoms with E-state index in [-0.39, 0.29) is 15.6 Å². The van der Waals surface area contributed by atoms with Crippen molar-refractivity contribution in [3.63, 3.8) is 0 Å². The van der Waals surface area contributed by atoms with Crippen LogP contribution in [0.25, 0.3) is 0 Å². The SMILES string of the molecule is CC/C=C/C(=O)OCC(=O)Nc1cc(S(=O)(=O)N2CCCCCC2)ccc1Cl. The molecule has 0 bridgehead atoms. The van der Waals surface area contributed by atoms with Gasteiger partial charge in [0.05, 0.1) is 15.6 Å². The first-order valence-corrected chi connectivity index (χ1v) is 11.1. The van der Waals surface area contributed by atoms with Crippen molar-refractivity contribution >= 4 is 39.2 Å². The molecule has 0 aromatic heterocycles. The molecule has 0 atom stereocenters. The maximum atomic E-state index is 12.9. The van der Waals surface area contributed by atoms with Crippen molar-refractivity contribution in [3.8, 4) is 0 Å². The molecular weight excluding hydrogens is 404 g/mol. The number of allylic oxidation sites excluding steroid dienone is 1. The molecule has 9 heteroatoms. The third kappa shape index (κ3) is 6.32. The fourth-order valence-corrected chi connectivity index (χ4v) is 4.49. The molecule has 1 aromatic rings. The lowest BCUT2D eigenvalue weighted by molar-refractivity contribution is -0.142. The van der Waals surface area contributed by atoms with E-state index in [0.29, 0.717) is 19.5 Å². The molecule has 28 heavy (non-hydrogen) atoms. The third-order valence-electron chi connectivity index (χ3n) is 4.25. The predicted octanol–water partition coefficient (Wildman–Crippen LogP) is 3.35. The Balaban J connectivity index is 2.09. The molecule has 1 heterocycles. The van der Waals surface area contributed by atoms with Crippen LogP contribution in [0.1, 0.15) is 39.0 Å². The van der Waals surface area contributed by atoms with Crippen LogP contribution in [0.4, 0.5) is 5.69 Å². The van der Waals surface area contributed by atoms with Crippen molar-refractivity contribution in [2.45, 2.75) is 43.9 Å². The summed E-state index contributed by atoms with van der Waals surface area (Å²) in [5, 5.41) is 2.69. The highest BCUT2D eigenvalue weighted by Gasteiger charge is 2.26. The van der Waals surface area contributed by atoms with E-state index in [1.807, 2.05) is 6.92 Å². The summed E-state index contributed by atoms with van der Waals surface area (Å²) in [5.41, 5.74) is 0.155. The molecular formula is C19H25ClN2O5S. The molecule has 1 aromatic carbocycles. The van der Waals surface area contributed by atoms with Gasteiger partial charge in [-0.15, -0.1) is 0 Å². The van der Waals surface area contributed by atoms with Crippen LogP contribution in [-0.4, -0.2) is 44.3 Å². The van der Waals surface area contributed by atoms with E-state index in [4.69, 9.17) is 16.3 Å².